The number of hydrogen-bond acceptors (Lipinski definition) is 3. The summed E-state index contributed by atoms with van der Waals surface area (Å²) in [5.41, 5.74) is 1.99. The molecule has 5 rings (SSSR count). The third-order valence-corrected chi connectivity index (χ3v) is 5.83. The average molecular weight is 434 g/mol. The van der Waals surface area contributed by atoms with E-state index in [1.54, 1.807) is 35.2 Å². The molecule has 0 spiro atoms. The number of halogens is 2. The SMILES string of the molecule is O=C1c2oc3ccc(Cl)cc3c(=O)c2C(c2ccc(F)cc2)N1CCc1ccccc1. The van der Waals surface area contributed by atoms with Gasteiger partial charge in [0.05, 0.1) is 17.0 Å². The summed E-state index contributed by atoms with van der Waals surface area (Å²) in [6.45, 7) is 0.381. The van der Waals surface area contributed by atoms with Crippen molar-refractivity contribution in [2.75, 3.05) is 6.54 Å². The Kier molecular flexibility index (Phi) is 4.83. The van der Waals surface area contributed by atoms with Crippen molar-refractivity contribution in [3.05, 3.63) is 116 Å². The summed E-state index contributed by atoms with van der Waals surface area (Å²) in [6.07, 6.45) is 0.609. The van der Waals surface area contributed by atoms with Crippen molar-refractivity contribution in [1.82, 2.24) is 4.90 Å². The number of carbonyl (C=O) groups is 1. The third-order valence-electron chi connectivity index (χ3n) is 5.60. The number of benzene rings is 3. The maximum atomic E-state index is 13.6. The van der Waals surface area contributed by atoms with Gasteiger partial charge in [-0.05, 0) is 47.9 Å². The molecule has 0 fully saturated rings. The molecular weight excluding hydrogens is 417 g/mol. The van der Waals surface area contributed by atoms with Crippen LogP contribution in [-0.2, 0) is 6.42 Å². The lowest BCUT2D eigenvalue weighted by Gasteiger charge is -2.25. The van der Waals surface area contributed by atoms with Gasteiger partial charge in [-0.2, -0.15) is 0 Å². The average Bonchev–Trinajstić information content (AvgIpc) is 3.06. The minimum absolute atomic E-state index is 0.0298. The van der Waals surface area contributed by atoms with Crippen molar-refractivity contribution < 1.29 is 13.6 Å². The van der Waals surface area contributed by atoms with Gasteiger partial charge in [0.1, 0.15) is 11.4 Å². The van der Waals surface area contributed by atoms with Crippen LogP contribution in [0.3, 0.4) is 0 Å². The Morgan fingerprint density at radius 1 is 0.968 bits per heavy atom. The molecule has 0 bridgehead atoms. The van der Waals surface area contributed by atoms with E-state index in [0.717, 1.165) is 5.56 Å². The first-order chi connectivity index (χ1) is 15.0. The van der Waals surface area contributed by atoms with Gasteiger partial charge in [0.15, 0.2) is 5.43 Å². The van der Waals surface area contributed by atoms with Crippen molar-refractivity contribution in [3.8, 4) is 0 Å². The van der Waals surface area contributed by atoms with Crippen molar-refractivity contribution >= 4 is 28.5 Å². The van der Waals surface area contributed by atoms with E-state index in [4.69, 9.17) is 16.0 Å². The first-order valence-electron chi connectivity index (χ1n) is 9.89. The lowest BCUT2D eigenvalue weighted by atomic mass is 9.98. The van der Waals surface area contributed by atoms with Crippen molar-refractivity contribution in [2.45, 2.75) is 12.5 Å². The van der Waals surface area contributed by atoms with Gasteiger partial charge in [-0.1, -0.05) is 54.1 Å². The molecule has 6 heteroatoms. The fraction of sp³-hybridized carbons (Fsp3) is 0.120. The standard InChI is InChI=1S/C25H17ClFNO3/c26-17-8-11-20-19(14-17)23(29)21-22(16-6-9-18(27)10-7-16)28(25(30)24(21)31-20)13-12-15-4-2-1-3-5-15/h1-11,14,22H,12-13H2. The fourth-order valence-corrected chi connectivity index (χ4v) is 4.28. The molecule has 4 aromatic rings. The summed E-state index contributed by atoms with van der Waals surface area (Å²) in [4.78, 5) is 28.4. The van der Waals surface area contributed by atoms with E-state index in [9.17, 15) is 14.0 Å². The molecule has 4 nitrogen and oxygen atoms in total. The highest BCUT2D eigenvalue weighted by Crippen LogP contribution is 2.38. The van der Waals surface area contributed by atoms with E-state index in [0.29, 0.717) is 34.5 Å². The molecule has 1 amide bonds. The molecule has 1 atom stereocenters. The molecule has 31 heavy (non-hydrogen) atoms. The highest BCUT2D eigenvalue weighted by atomic mass is 35.5. The van der Waals surface area contributed by atoms with Gasteiger partial charge in [-0.15, -0.1) is 0 Å². The van der Waals surface area contributed by atoms with Crippen LogP contribution in [0.5, 0.6) is 0 Å². The molecule has 0 aliphatic carbocycles. The molecule has 1 aliphatic rings. The maximum absolute atomic E-state index is 13.6. The number of nitrogens with zero attached hydrogens (tertiary/aromatic N) is 1. The number of hydrogen-bond donors (Lipinski definition) is 0. The Hall–Kier alpha value is -3.44. The zero-order chi connectivity index (χ0) is 21.5. The third kappa shape index (κ3) is 3.41. The van der Waals surface area contributed by atoms with Crippen LogP contribution in [-0.4, -0.2) is 17.4 Å². The molecule has 0 saturated carbocycles. The highest BCUT2D eigenvalue weighted by molar-refractivity contribution is 6.31. The predicted octanol–water partition coefficient (Wildman–Crippen LogP) is 5.37. The number of fused-ring (bicyclic) bond motifs is 2. The molecule has 0 radical (unpaired) electrons. The van der Waals surface area contributed by atoms with Crippen LogP contribution < -0.4 is 5.43 Å². The highest BCUT2D eigenvalue weighted by Gasteiger charge is 2.42. The molecule has 0 N–H and O–H groups in total. The van der Waals surface area contributed by atoms with Gasteiger partial charge >= 0.3 is 0 Å². The van der Waals surface area contributed by atoms with E-state index in [2.05, 4.69) is 0 Å². The quantitative estimate of drug-likeness (QED) is 0.434. The lowest BCUT2D eigenvalue weighted by Crippen LogP contribution is -2.31. The number of rotatable bonds is 4. The second-order valence-corrected chi connectivity index (χ2v) is 7.94. The van der Waals surface area contributed by atoms with E-state index in [-0.39, 0.29) is 28.5 Å². The number of amides is 1. The largest absolute Gasteiger partial charge is 0.450 e. The minimum atomic E-state index is -0.661. The molecule has 1 aliphatic heterocycles. The summed E-state index contributed by atoms with van der Waals surface area (Å²) in [5.74, 6) is -0.710. The topological polar surface area (TPSA) is 50.5 Å². The molecule has 0 saturated heterocycles. The van der Waals surface area contributed by atoms with E-state index in [1.165, 1.54) is 12.1 Å². The summed E-state index contributed by atoms with van der Waals surface area (Å²) >= 11 is 6.09. The zero-order valence-corrected chi connectivity index (χ0v) is 17.1. The van der Waals surface area contributed by atoms with Gasteiger partial charge in [0.2, 0.25) is 5.76 Å². The second kappa shape index (κ2) is 7.67. The van der Waals surface area contributed by atoms with Crippen LogP contribution in [0.1, 0.15) is 33.3 Å². The van der Waals surface area contributed by atoms with Crippen molar-refractivity contribution in [2.24, 2.45) is 0 Å². The molecule has 1 unspecified atom stereocenters. The Bertz CT molecular complexity index is 1350. The molecule has 1 aromatic heterocycles. The van der Waals surface area contributed by atoms with Gasteiger partial charge in [0.25, 0.3) is 5.91 Å². The first-order valence-corrected chi connectivity index (χ1v) is 10.3. The number of carbonyl (C=O) groups excluding carboxylic acids is 1. The summed E-state index contributed by atoms with van der Waals surface area (Å²) in [7, 11) is 0. The first kappa shape index (κ1) is 19.5. The fourth-order valence-electron chi connectivity index (χ4n) is 4.11. The van der Waals surface area contributed by atoms with Gasteiger partial charge < -0.3 is 9.32 Å². The van der Waals surface area contributed by atoms with Gasteiger partial charge in [-0.3, -0.25) is 9.59 Å². The Labute approximate surface area is 182 Å². The van der Waals surface area contributed by atoms with Crippen LogP contribution in [0, 0.1) is 5.82 Å². The van der Waals surface area contributed by atoms with Crippen molar-refractivity contribution in [1.29, 1.82) is 0 Å². The predicted molar refractivity (Wildman–Crippen MR) is 117 cm³/mol. The Morgan fingerprint density at radius 2 is 1.71 bits per heavy atom. The lowest BCUT2D eigenvalue weighted by molar-refractivity contribution is 0.0730. The Morgan fingerprint density at radius 3 is 2.45 bits per heavy atom. The Balaban J connectivity index is 1.66. The zero-order valence-electron chi connectivity index (χ0n) is 16.3. The molecule has 3 aromatic carbocycles. The van der Waals surface area contributed by atoms with Gasteiger partial charge in [0, 0.05) is 11.6 Å². The maximum Gasteiger partial charge on any atom is 0.290 e. The monoisotopic (exact) mass is 433 g/mol. The van der Waals surface area contributed by atoms with Crippen LogP contribution in [0.25, 0.3) is 11.0 Å². The summed E-state index contributed by atoms with van der Waals surface area (Å²) in [5, 5.41) is 0.722. The van der Waals surface area contributed by atoms with Crippen LogP contribution in [0.15, 0.2) is 82.0 Å². The second-order valence-electron chi connectivity index (χ2n) is 7.50. The smallest absolute Gasteiger partial charge is 0.290 e. The molecule has 154 valence electrons. The minimum Gasteiger partial charge on any atom is -0.450 e. The van der Waals surface area contributed by atoms with E-state index < -0.39 is 6.04 Å². The van der Waals surface area contributed by atoms with E-state index >= 15 is 0 Å². The van der Waals surface area contributed by atoms with Crippen LogP contribution in [0.4, 0.5) is 4.39 Å². The normalized spacial score (nSPS) is 15.5. The van der Waals surface area contributed by atoms with Gasteiger partial charge in [-0.25, -0.2) is 4.39 Å². The van der Waals surface area contributed by atoms with Crippen LogP contribution in [0.2, 0.25) is 5.02 Å². The summed E-state index contributed by atoms with van der Waals surface area (Å²) in [6, 6.07) is 19.7. The molecule has 2 heterocycles. The van der Waals surface area contributed by atoms with Crippen molar-refractivity contribution in [3.63, 3.8) is 0 Å². The molecular formula is C25H17ClFNO3. The van der Waals surface area contributed by atoms with E-state index in [1.807, 2.05) is 30.3 Å². The summed E-state index contributed by atoms with van der Waals surface area (Å²) < 4.78 is 19.5. The van der Waals surface area contributed by atoms with Crippen LogP contribution >= 0.6 is 11.6 Å².